The van der Waals surface area contributed by atoms with Gasteiger partial charge >= 0.3 is 0 Å². The van der Waals surface area contributed by atoms with Crippen LogP contribution in [0.4, 0.5) is 5.82 Å². The Balaban J connectivity index is 1.85. The smallest absolute Gasteiger partial charge is 0.240 e. The van der Waals surface area contributed by atoms with Crippen LogP contribution in [0.2, 0.25) is 0 Å². The Morgan fingerprint density at radius 1 is 1.59 bits per heavy atom. The van der Waals surface area contributed by atoms with Crippen molar-refractivity contribution in [3.63, 3.8) is 0 Å². The van der Waals surface area contributed by atoms with Gasteiger partial charge in [-0.2, -0.15) is 10.5 Å². The third kappa shape index (κ3) is 3.51. The number of hydrogen-bond acceptors (Lipinski definition) is 6. The van der Waals surface area contributed by atoms with Crippen molar-refractivity contribution in [1.82, 2.24) is 9.88 Å². The number of anilines is 1. The van der Waals surface area contributed by atoms with Gasteiger partial charge in [-0.3, -0.25) is 4.79 Å². The normalized spacial score (nSPS) is 18.3. The molecule has 1 aliphatic rings. The Morgan fingerprint density at radius 3 is 3.14 bits per heavy atom. The van der Waals surface area contributed by atoms with Crippen LogP contribution in [0.1, 0.15) is 24.8 Å². The molecule has 114 valence electrons. The van der Waals surface area contributed by atoms with E-state index in [-0.39, 0.29) is 11.9 Å². The summed E-state index contributed by atoms with van der Waals surface area (Å²) >= 11 is 0. The predicted molar refractivity (Wildman–Crippen MR) is 80.4 cm³/mol. The number of carbonyl (C=O) groups excluding carboxylic acids is 1. The molecule has 1 saturated heterocycles. The molecule has 3 N–H and O–H groups in total. The lowest BCUT2D eigenvalue weighted by molar-refractivity contribution is -0.132. The van der Waals surface area contributed by atoms with Crippen molar-refractivity contribution in [1.29, 1.82) is 10.5 Å². The molecule has 0 aromatic carbocycles. The molecule has 0 spiro atoms. The molecule has 1 amide bonds. The zero-order valence-electron chi connectivity index (χ0n) is 12.2. The van der Waals surface area contributed by atoms with Crippen LogP contribution in [0.25, 0.3) is 0 Å². The lowest BCUT2D eigenvalue weighted by Crippen LogP contribution is -2.46. The third-order valence-electron chi connectivity index (χ3n) is 3.68. The van der Waals surface area contributed by atoms with Gasteiger partial charge in [-0.25, -0.2) is 4.98 Å². The van der Waals surface area contributed by atoms with E-state index in [0.29, 0.717) is 37.3 Å². The molecule has 2 rings (SSSR count). The molecule has 1 aromatic heterocycles. The highest BCUT2D eigenvalue weighted by atomic mass is 16.2. The number of rotatable bonds is 5. The lowest BCUT2D eigenvalue weighted by atomic mass is 10.1. The Kier molecular flexibility index (Phi) is 5.29. The highest BCUT2D eigenvalue weighted by Gasteiger charge is 2.31. The molecule has 1 aromatic rings. The van der Waals surface area contributed by atoms with Crippen LogP contribution in [0, 0.1) is 22.7 Å². The molecule has 7 heteroatoms. The topological polar surface area (TPSA) is 119 Å². The lowest BCUT2D eigenvalue weighted by Gasteiger charge is -2.23. The molecule has 22 heavy (non-hydrogen) atoms. The maximum Gasteiger partial charge on any atom is 0.240 e. The van der Waals surface area contributed by atoms with Crippen LogP contribution in [-0.2, 0) is 4.79 Å². The zero-order chi connectivity index (χ0) is 15.9. The number of carbonyl (C=O) groups is 1. The number of aromatic nitrogens is 1. The number of nitriles is 2. The maximum atomic E-state index is 12.2. The van der Waals surface area contributed by atoms with Gasteiger partial charge in [0.05, 0.1) is 17.7 Å². The van der Waals surface area contributed by atoms with E-state index in [2.05, 4.69) is 16.4 Å². The Morgan fingerprint density at radius 2 is 2.41 bits per heavy atom. The van der Waals surface area contributed by atoms with E-state index in [4.69, 9.17) is 16.3 Å². The molecule has 1 aliphatic heterocycles. The number of nitrogens with zero attached hydrogens (tertiary/aromatic N) is 4. The second kappa shape index (κ2) is 7.39. The number of pyridine rings is 1. The van der Waals surface area contributed by atoms with E-state index < -0.39 is 6.04 Å². The van der Waals surface area contributed by atoms with Crippen molar-refractivity contribution in [2.45, 2.75) is 31.3 Å². The second-order valence-electron chi connectivity index (χ2n) is 5.15. The average Bonchev–Trinajstić information content (AvgIpc) is 3.03. The SMILES string of the molecule is N#Cc1cccnc1NCCC(N)C(=O)N1CCC[C@H]1C#N. The molecular formula is C15H18N6O. The first-order chi connectivity index (χ1) is 10.7. The van der Waals surface area contributed by atoms with Gasteiger partial charge in [0.15, 0.2) is 0 Å². The number of hydrogen-bond donors (Lipinski definition) is 2. The maximum absolute atomic E-state index is 12.2. The fourth-order valence-corrected chi connectivity index (χ4v) is 2.48. The van der Waals surface area contributed by atoms with Crippen LogP contribution in [-0.4, -0.2) is 41.0 Å². The van der Waals surface area contributed by atoms with Crippen molar-refractivity contribution < 1.29 is 4.79 Å². The molecule has 1 unspecified atom stereocenters. The molecule has 1 fully saturated rings. The van der Waals surface area contributed by atoms with Crippen molar-refractivity contribution >= 4 is 11.7 Å². The number of amides is 1. The monoisotopic (exact) mass is 298 g/mol. The standard InChI is InChI=1S/C15H18N6O/c16-9-11-3-1-6-19-14(11)20-7-5-13(18)15(22)21-8-2-4-12(21)10-17/h1,3,6,12-13H,2,4-5,7-8,18H2,(H,19,20)/t12-,13?/m0/s1. The number of likely N-dealkylation sites (tertiary alicyclic amines) is 1. The van der Waals surface area contributed by atoms with Gasteiger partial charge in [0.1, 0.15) is 17.9 Å². The first-order valence-corrected chi connectivity index (χ1v) is 7.22. The Labute approximate surface area is 129 Å². The summed E-state index contributed by atoms with van der Waals surface area (Å²) in [6.07, 6.45) is 3.56. The summed E-state index contributed by atoms with van der Waals surface area (Å²) < 4.78 is 0. The van der Waals surface area contributed by atoms with Gasteiger partial charge in [-0.05, 0) is 31.4 Å². The summed E-state index contributed by atoms with van der Waals surface area (Å²) in [5.41, 5.74) is 6.37. The summed E-state index contributed by atoms with van der Waals surface area (Å²) in [6.45, 7) is 1.03. The average molecular weight is 298 g/mol. The highest BCUT2D eigenvalue weighted by molar-refractivity contribution is 5.82. The van der Waals surface area contributed by atoms with E-state index in [9.17, 15) is 4.79 Å². The quantitative estimate of drug-likeness (QED) is 0.821. The van der Waals surface area contributed by atoms with Gasteiger partial charge in [0.25, 0.3) is 0 Å². The minimum Gasteiger partial charge on any atom is -0.369 e. The van der Waals surface area contributed by atoms with Gasteiger partial charge in [-0.1, -0.05) is 0 Å². The third-order valence-corrected chi connectivity index (χ3v) is 3.68. The van der Waals surface area contributed by atoms with Crippen molar-refractivity contribution in [3.05, 3.63) is 23.9 Å². The number of nitrogens with one attached hydrogen (secondary N) is 1. The summed E-state index contributed by atoms with van der Waals surface area (Å²) in [7, 11) is 0. The van der Waals surface area contributed by atoms with E-state index in [1.54, 1.807) is 23.2 Å². The van der Waals surface area contributed by atoms with Crippen LogP contribution in [0.3, 0.4) is 0 Å². The van der Waals surface area contributed by atoms with Crippen molar-refractivity contribution in [2.24, 2.45) is 5.73 Å². The first kappa shape index (κ1) is 15.7. The van der Waals surface area contributed by atoms with Gasteiger partial charge in [-0.15, -0.1) is 0 Å². The zero-order valence-corrected chi connectivity index (χ0v) is 12.2. The predicted octanol–water partition coefficient (Wildman–Crippen LogP) is 0.597. The van der Waals surface area contributed by atoms with Crippen LogP contribution < -0.4 is 11.1 Å². The fraction of sp³-hybridized carbons (Fsp3) is 0.467. The molecule has 0 saturated carbocycles. The van der Waals surface area contributed by atoms with E-state index >= 15 is 0 Å². The van der Waals surface area contributed by atoms with Crippen LogP contribution >= 0.6 is 0 Å². The Hall–Kier alpha value is -2.64. The molecular weight excluding hydrogens is 280 g/mol. The van der Waals surface area contributed by atoms with Gasteiger partial charge < -0.3 is 16.0 Å². The van der Waals surface area contributed by atoms with Crippen LogP contribution in [0.15, 0.2) is 18.3 Å². The van der Waals surface area contributed by atoms with Crippen molar-refractivity contribution in [2.75, 3.05) is 18.4 Å². The number of nitrogens with two attached hydrogens (primary N) is 1. The van der Waals surface area contributed by atoms with Crippen LogP contribution in [0.5, 0.6) is 0 Å². The van der Waals surface area contributed by atoms with E-state index in [1.165, 1.54) is 0 Å². The van der Waals surface area contributed by atoms with E-state index in [1.807, 2.05) is 6.07 Å². The molecule has 7 nitrogen and oxygen atoms in total. The second-order valence-corrected chi connectivity index (χ2v) is 5.15. The molecule has 0 radical (unpaired) electrons. The van der Waals surface area contributed by atoms with E-state index in [0.717, 1.165) is 6.42 Å². The summed E-state index contributed by atoms with van der Waals surface area (Å²) in [4.78, 5) is 17.9. The summed E-state index contributed by atoms with van der Waals surface area (Å²) in [5.74, 6) is 0.299. The minimum atomic E-state index is -0.657. The molecule has 2 atom stereocenters. The Bertz CT molecular complexity index is 617. The van der Waals surface area contributed by atoms with Gasteiger partial charge in [0, 0.05) is 19.3 Å². The fourth-order valence-electron chi connectivity index (χ4n) is 2.48. The summed E-state index contributed by atoms with van der Waals surface area (Å²) in [5, 5.41) is 21.0. The molecule has 0 aliphatic carbocycles. The largest absolute Gasteiger partial charge is 0.369 e. The van der Waals surface area contributed by atoms with Crippen molar-refractivity contribution in [3.8, 4) is 12.1 Å². The molecule has 2 heterocycles. The minimum absolute atomic E-state index is 0.188. The molecule has 0 bridgehead atoms. The summed E-state index contributed by atoms with van der Waals surface area (Å²) in [6, 6.07) is 6.53. The van der Waals surface area contributed by atoms with Gasteiger partial charge in [0.2, 0.25) is 5.91 Å². The highest BCUT2D eigenvalue weighted by Crippen LogP contribution is 2.17. The first-order valence-electron chi connectivity index (χ1n) is 7.22.